The van der Waals surface area contributed by atoms with Crippen molar-refractivity contribution in [3.8, 4) is 11.5 Å². The van der Waals surface area contributed by atoms with Crippen molar-refractivity contribution in [3.05, 3.63) is 202 Å². The van der Waals surface area contributed by atoms with Gasteiger partial charge in [-0.25, -0.2) is 0 Å². The Kier molecular flexibility index (Phi) is 15.7. The van der Waals surface area contributed by atoms with Crippen LogP contribution in [0.2, 0.25) is 0 Å². The lowest BCUT2D eigenvalue weighted by molar-refractivity contribution is -0.166. The van der Waals surface area contributed by atoms with Gasteiger partial charge in [-0.1, -0.05) is 133 Å². The molecule has 76 heavy (non-hydrogen) atoms. The van der Waals surface area contributed by atoms with E-state index >= 15 is 0 Å². The predicted octanol–water partition coefficient (Wildman–Crippen LogP) is 10.0. The predicted molar refractivity (Wildman–Crippen MR) is 304 cm³/mol. The van der Waals surface area contributed by atoms with Gasteiger partial charge in [0.15, 0.2) is 19.5 Å². The first-order valence-corrected chi connectivity index (χ1v) is 28.8. The van der Waals surface area contributed by atoms with Crippen molar-refractivity contribution in [2.24, 2.45) is 0 Å². The van der Waals surface area contributed by atoms with Crippen LogP contribution in [0.25, 0.3) is 0 Å². The zero-order valence-corrected chi connectivity index (χ0v) is 46.8. The molecule has 0 N–H and O–H groups in total. The fourth-order valence-electron chi connectivity index (χ4n) is 10.5. The van der Waals surface area contributed by atoms with Gasteiger partial charge in [0.25, 0.3) is 23.6 Å². The normalized spacial score (nSPS) is 25.2. The van der Waals surface area contributed by atoms with Crippen molar-refractivity contribution in [1.82, 2.24) is 19.6 Å². The number of ether oxygens (including phenoxy) is 4. The molecule has 6 aromatic carbocycles. The molecule has 0 aromatic heterocycles. The molecule has 6 fully saturated rings. The molecule has 0 aliphatic carbocycles. The monoisotopic (exact) mass is 1090 g/mol. The minimum Gasteiger partial charge on any atom is -0.497 e. The van der Waals surface area contributed by atoms with Crippen molar-refractivity contribution in [3.63, 3.8) is 0 Å². The second-order valence-corrected chi connectivity index (χ2v) is 25.8. The van der Waals surface area contributed by atoms with E-state index < -0.39 is 19.5 Å². The summed E-state index contributed by atoms with van der Waals surface area (Å²) in [7, 11) is 10.3. The second-order valence-electron chi connectivity index (χ2n) is 19.7. The third-order valence-electron chi connectivity index (χ3n) is 15.2. The van der Waals surface area contributed by atoms with E-state index in [0.29, 0.717) is 26.1 Å². The summed E-state index contributed by atoms with van der Waals surface area (Å²) in [5, 5.41) is 0. The Morgan fingerprint density at radius 3 is 1.03 bits per heavy atom. The van der Waals surface area contributed by atoms with Crippen LogP contribution in [0.4, 0.5) is 0 Å². The first-order chi connectivity index (χ1) is 36.7. The average Bonchev–Trinajstić information content (AvgIpc) is 3.72. The number of hydrogen-bond acceptors (Lipinski definition) is 12. The van der Waals surface area contributed by atoms with Crippen LogP contribution >= 0.6 is 47.0 Å². The molecule has 6 heterocycles. The van der Waals surface area contributed by atoms with Gasteiger partial charge < -0.3 is 38.5 Å². The topological polar surface area (TPSA) is 118 Å². The number of benzene rings is 6. The van der Waals surface area contributed by atoms with E-state index in [1.807, 2.05) is 109 Å². The van der Waals surface area contributed by atoms with Crippen LogP contribution in [0.5, 0.6) is 11.5 Å². The van der Waals surface area contributed by atoms with Crippen LogP contribution in [0.1, 0.15) is 53.7 Å². The second kappa shape index (κ2) is 22.2. The molecule has 4 bridgehead atoms. The van der Waals surface area contributed by atoms with E-state index in [2.05, 4.69) is 48.5 Å². The average molecular weight is 1100 g/mol. The highest BCUT2D eigenvalue weighted by Gasteiger charge is 2.68. The summed E-state index contributed by atoms with van der Waals surface area (Å²) in [5.74, 6) is 0.858. The summed E-state index contributed by atoms with van der Waals surface area (Å²) < 4.78 is 23.0. The largest absolute Gasteiger partial charge is 0.497 e. The number of aryl methyl sites for hydroxylation is 2. The van der Waals surface area contributed by atoms with E-state index in [-0.39, 0.29) is 46.0 Å². The lowest BCUT2D eigenvalue weighted by Crippen LogP contribution is -2.73. The number of rotatable bonds is 19. The highest BCUT2D eigenvalue weighted by molar-refractivity contribution is 8.19. The van der Waals surface area contributed by atoms with Gasteiger partial charge in [0, 0.05) is 41.0 Å². The van der Waals surface area contributed by atoms with E-state index in [0.717, 1.165) is 68.8 Å². The summed E-state index contributed by atoms with van der Waals surface area (Å²) in [5.41, 5.74) is 8.10. The molecule has 4 amide bonds. The molecule has 12 rings (SSSR count). The number of likely N-dealkylation sites (N-methyl/N-ethyl adjacent to an activating group) is 4. The van der Waals surface area contributed by atoms with E-state index in [4.69, 9.17) is 18.9 Å². The van der Waals surface area contributed by atoms with Crippen LogP contribution in [-0.2, 0) is 67.5 Å². The molecule has 6 saturated heterocycles. The van der Waals surface area contributed by atoms with Crippen LogP contribution in [0.3, 0.4) is 0 Å². The Bertz CT molecular complexity index is 2840. The van der Waals surface area contributed by atoms with Gasteiger partial charge in [-0.3, -0.25) is 19.2 Å². The lowest BCUT2D eigenvalue weighted by atomic mass is 9.95. The van der Waals surface area contributed by atoms with Crippen LogP contribution in [0, 0.1) is 0 Å². The quantitative estimate of drug-likeness (QED) is 0.0769. The zero-order chi connectivity index (χ0) is 53.2. The Hall–Kier alpha value is -5.88. The summed E-state index contributed by atoms with van der Waals surface area (Å²) in [6, 6.07) is 52.1. The molecule has 6 aliphatic heterocycles. The molecule has 0 spiro atoms. The summed E-state index contributed by atoms with van der Waals surface area (Å²) in [4.78, 5) is 61.1. The first kappa shape index (κ1) is 53.5. The summed E-state index contributed by atoms with van der Waals surface area (Å²) >= 11 is 5.96. The maximum Gasteiger partial charge on any atom is 0.262 e. The number of amides is 4. The van der Waals surface area contributed by atoms with Crippen molar-refractivity contribution in [1.29, 1.82) is 0 Å². The Morgan fingerprint density at radius 1 is 0.382 bits per heavy atom. The first-order valence-electron chi connectivity index (χ1n) is 25.3. The van der Waals surface area contributed by atoms with Crippen LogP contribution in [0.15, 0.2) is 158 Å². The SMILES string of the molecule is COc1ccc(C2S[C@@]3(COCc4ccccc4)C(=O)N(C)[C@@](Cc4ccc(CCc5ccc(C[C@]67SC(c8ccc(OC)cc8)S[C@](COCc8ccccc8)(C(=O)N6C)N(C)C7=O)cc5)cc4)(S2)C(=O)N3C)cc1. The number of fused-ring (bicyclic) bond motifs is 8. The smallest absolute Gasteiger partial charge is 0.262 e. The fourth-order valence-corrected chi connectivity index (χ4v) is 18.1. The number of methoxy groups -OCH3 is 2. The van der Waals surface area contributed by atoms with E-state index in [9.17, 15) is 19.2 Å². The molecule has 394 valence electrons. The Morgan fingerprint density at radius 2 is 0.684 bits per heavy atom. The van der Waals surface area contributed by atoms with Crippen LogP contribution in [-0.4, -0.2) is 118 Å². The third kappa shape index (κ3) is 10.0. The molecule has 6 aromatic rings. The maximum absolute atomic E-state index is 14.9. The molecular formula is C60H62N4O8S4. The lowest BCUT2D eigenvalue weighted by Gasteiger charge is -2.51. The molecular weight excluding hydrogens is 1030 g/mol. The van der Waals surface area contributed by atoms with Gasteiger partial charge in [0.2, 0.25) is 0 Å². The van der Waals surface area contributed by atoms with Gasteiger partial charge in [0.1, 0.15) is 11.5 Å². The minimum absolute atomic E-state index is 0.0339. The van der Waals surface area contributed by atoms with Crippen LogP contribution < -0.4 is 9.47 Å². The van der Waals surface area contributed by atoms with Crippen molar-refractivity contribution >= 4 is 70.7 Å². The van der Waals surface area contributed by atoms with Gasteiger partial charge in [-0.15, -0.1) is 47.0 Å². The maximum atomic E-state index is 14.9. The minimum atomic E-state index is -1.28. The number of nitrogens with zero attached hydrogens (tertiary/aromatic N) is 4. The molecule has 0 radical (unpaired) electrons. The van der Waals surface area contributed by atoms with Crippen molar-refractivity contribution in [2.75, 3.05) is 55.6 Å². The van der Waals surface area contributed by atoms with Gasteiger partial charge >= 0.3 is 0 Å². The Balaban J connectivity index is 0.838. The number of carbonyl (C=O) groups excluding carboxylic acids is 4. The summed E-state index contributed by atoms with van der Waals surface area (Å²) in [6.07, 6.45) is 2.19. The number of hydrogen-bond donors (Lipinski definition) is 0. The highest BCUT2D eigenvalue weighted by Crippen LogP contribution is 2.63. The van der Waals surface area contributed by atoms with Crippen molar-refractivity contribution < 1.29 is 38.1 Å². The molecule has 0 saturated carbocycles. The molecule has 6 aliphatic rings. The zero-order valence-electron chi connectivity index (χ0n) is 43.5. The van der Waals surface area contributed by atoms with Gasteiger partial charge in [-0.2, -0.15) is 0 Å². The standard InChI is InChI=1S/C60H62N4O8S4/c1-61-55(67)59(39-71-37-45-13-9-7-10-14-45)63(3)53(65)57(61,73-51(75-59)47-27-31-49(69-5)32-28-47)35-43-23-19-41(20-24-43)17-18-42-21-25-44(26-22-42)36-58-54(66)64(4)60(56(68)62(58)2,40-72-38-46-15-11-8-12-16-46)76-52(74-58)48-29-33-50(70-6)34-30-48/h7-16,19-34,51-52H,17-18,35-40H2,1-6H3/t51?,52?,57-,58+,59-,60+. The molecule has 6 atom stereocenters. The molecule has 16 heteroatoms. The molecule has 2 unspecified atom stereocenters. The Labute approximate surface area is 462 Å². The number of piperazine rings is 2. The highest BCUT2D eigenvalue weighted by atomic mass is 32.2. The third-order valence-corrected chi connectivity index (χ3v) is 22.1. The van der Waals surface area contributed by atoms with E-state index in [1.165, 1.54) is 47.0 Å². The number of thioether (sulfide) groups is 4. The van der Waals surface area contributed by atoms with Gasteiger partial charge in [0.05, 0.1) is 49.8 Å². The van der Waals surface area contributed by atoms with E-state index in [1.54, 1.807) is 62.0 Å². The fraction of sp³-hybridized carbons (Fsp3) is 0.333. The summed E-state index contributed by atoms with van der Waals surface area (Å²) in [6.45, 7) is 0.692. The number of carbonyl (C=O) groups is 4. The molecule has 12 nitrogen and oxygen atoms in total. The van der Waals surface area contributed by atoms with Crippen molar-refractivity contribution in [2.45, 2.75) is 67.5 Å². The van der Waals surface area contributed by atoms with Gasteiger partial charge in [-0.05, 0) is 81.6 Å².